The zero-order valence-electron chi connectivity index (χ0n) is 32.8. The molecule has 0 saturated heterocycles. The molecule has 3 aromatic rings. The smallest absolute Gasteiger partial charge is 0.291 e. The Labute approximate surface area is 326 Å². The van der Waals surface area contributed by atoms with Gasteiger partial charge in [-0.25, -0.2) is 4.39 Å². The molecule has 0 spiro atoms. The molecule has 0 unspecified atom stereocenters. The van der Waals surface area contributed by atoms with Gasteiger partial charge in [-0.3, -0.25) is 24.2 Å². The number of carbonyl (C=O) groups is 2. The molecule has 3 aliphatic rings. The normalized spacial score (nSPS) is 22.7. The fourth-order valence-corrected chi connectivity index (χ4v) is 10.5. The molecule has 0 bridgehead atoms. The highest BCUT2D eigenvalue weighted by Crippen LogP contribution is 2.58. The first-order valence-corrected chi connectivity index (χ1v) is 22.6. The third kappa shape index (κ3) is 6.57. The predicted molar refractivity (Wildman–Crippen MR) is 212 cm³/mol. The van der Waals surface area contributed by atoms with Crippen LogP contribution in [0.5, 0.6) is 5.75 Å². The van der Waals surface area contributed by atoms with Gasteiger partial charge in [0, 0.05) is 29.2 Å². The number of halogens is 2. The Morgan fingerprint density at radius 1 is 1.06 bits per heavy atom. The summed E-state index contributed by atoms with van der Waals surface area (Å²) in [5, 5.41) is 14.4. The lowest BCUT2D eigenvalue weighted by Gasteiger charge is -2.55. The van der Waals surface area contributed by atoms with Crippen LogP contribution < -0.4 is 10.3 Å². The number of ether oxygens (including phenoxy) is 1. The summed E-state index contributed by atoms with van der Waals surface area (Å²) >= 11 is 3.69. The van der Waals surface area contributed by atoms with Crippen molar-refractivity contribution in [2.45, 2.75) is 103 Å². The number of aliphatic hydroxyl groups excluding tert-OH is 1. The molecule has 2 aromatic carbocycles. The molecule has 13 heteroatoms. The Morgan fingerprint density at radius 3 is 2.30 bits per heavy atom. The van der Waals surface area contributed by atoms with Crippen LogP contribution in [0.15, 0.2) is 49.7 Å². The van der Waals surface area contributed by atoms with Gasteiger partial charge in [0.2, 0.25) is 11.6 Å². The van der Waals surface area contributed by atoms with Gasteiger partial charge in [-0.2, -0.15) is 5.16 Å². The van der Waals surface area contributed by atoms with E-state index >= 15 is 9.18 Å². The van der Waals surface area contributed by atoms with Gasteiger partial charge in [-0.15, -0.1) is 0 Å². The molecule has 1 saturated carbocycles. The minimum atomic E-state index is -2.95. The fraction of sp³-hybridized carbons (Fsp3) is 0.537. The number of nitrogens with one attached hydrogen (secondary N) is 1. The number of nitrogens with zero attached hydrogens (tertiary/aromatic N) is 2. The van der Waals surface area contributed by atoms with Crippen molar-refractivity contribution < 1.29 is 32.8 Å². The van der Waals surface area contributed by atoms with Gasteiger partial charge in [0.25, 0.3) is 5.56 Å². The SMILES string of the molecule is CCCN(CCC)Cc1c(F)c2c(c(OCc3ccccc3)c1Br)C(O)=C1C(=O)[C@]3(O[Si](C)(C)C(C)(C)C)C(=O)c4c(o[nH]c4=O)[C@@H](N(C)C)[C@@H]3C[C@@H]1C2. The van der Waals surface area contributed by atoms with E-state index in [9.17, 15) is 14.7 Å². The second-order valence-electron chi connectivity index (χ2n) is 16.8. The largest absolute Gasteiger partial charge is 0.507 e. The Hall–Kier alpha value is -3.36. The Bertz CT molecular complexity index is 2030. The number of ketones is 2. The minimum absolute atomic E-state index is 0.00566. The topological polar surface area (TPSA) is 125 Å². The average Bonchev–Trinajstić information content (AvgIpc) is 3.48. The lowest BCUT2D eigenvalue weighted by atomic mass is 9.57. The van der Waals surface area contributed by atoms with Gasteiger partial charge in [0.1, 0.15) is 29.5 Å². The van der Waals surface area contributed by atoms with Gasteiger partial charge in [-0.1, -0.05) is 65.0 Å². The maximum Gasteiger partial charge on any atom is 0.291 e. The standard InChI is InChI=1S/C41H53BrFN3O7Si/c1-10-17-46(18-11-2)21-26-31(42)35(51-22-23-15-13-12-14-16-23)29-25(32(26)43)19-24-20-27-33(45(6)7)36-30(39(50)44-52-36)38(49)41(27,37(48)28(24)34(29)47)53-54(8,9)40(3,4)5/h12-16,24,27,33,47H,10-11,17-22H2,1-9H3,(H,44,50)/t24-,27-,33-,41-/m0/s1. The first kappa shape index (κ1) is 40.3. The van der Waals surface area contributed by atoms with E-state index in [1.165, 1.54) is 0 Å². The highest BCUT2D eigenvalue weighted by molar-refractivity contribution is 9.10. The average molecular weight is 827 g/mol. The fourth-order valence-electron chi connectivity index (χ4n) is 8.40. The molecule has 0 aliphatic heterocycles. The van der Waals surface area contributed by atoms with Gasteiger partial charge in [-0.05, 0) is 98.4 Å². The molecule has 6 rings (SSSR count). The first-order chi connectivity index (χ1) is 25.4. The molecule has 0 amide bonds. The van der Waals surface area contributed by atoms with Crippen molar-refractivity contribution in [3.63, 3.8) is 0 Å². The van der Waals surface area contributed by atoms with Gasteiger partial charge >= 0.3 is 0 Å². The lowest BCUT2D eigenvalue weighted by molar-refractivity contribution is -0.140. The van der Waals surface area contributed by atoms with E-state index in [0.717, 1.165) is 31.5 Å². The highest BCUT2D eigenvalue weighted by atomic mass is 79.9. The van der Waals surface area contributed by atoms with E-state index in [-0.39, 0.29) is 53.2 Å². The first-order valence-electron chi connectivity index (χ1n) is 18.9. The summed E-state index contributed by atoms with van der Waals surface area (Å²) in [7, 11) is 0.657. The lowest BCUT2D eigenvalue weighted by Crippen LogP contribution is -2.68. The number of aliphatic hydroxyl groups is 1. The molecule has 54 heavy (non-hydrogen) atoms. The van der Waals surface area contributed by atoms with Crippen LogP contribution in [0.25, 0.3) is 5.76 Å². The van der Waals surface area contributed by atoms with Crippen molar-refractivity contribution in [1.82, 2.24) is 15.0 Å². The molecule has 1 heterocycles. The molecule has 1 fully saturated rings. The molecule has 3 aliphatic carbocycles. The number of H-pyrrole nitrogens is 1. The zero-order valence-corrected chi connectivity index (χ0v) is 35.4. The van der Waals surface area contributed by atoms with Crippen LogP contribution in [0.3, 0.4) is 0 Å². The number of hydrogen-bond donors (Lipinski definition) is 2. The summed E-state index contributed by atoms with van der Waals surface area (Å²) < 4.78 is 36.8. The molecular weight excluding hydrogens is 773 g/mol. The van der Waals surface area contributed by atoms with Crippen LogP contribution in [0.2, 0.25) is 18.1 Å². The molecule has 0 radical (unpaired) electrons. The maximum atomic E-state index is 17.2. The summed E-state index contributed by atoms with van der Waals surface area (Å²) in [6.45, 7) is 16.1. The number of aromatic nitrogens is 1. The van der Waals surface area contributed by atoms with Crippen LogP contribution in [0, 0.1) is 17.7 Å². The molecule has 2 N–H and O–H groups in total. The van der Waals surface area contributed by atoms with E-state index in [2.05, 4.69) is 39.8 Å². The highest BCUT2D eigenvalue weighted by Gasteiger charge is 2.68. The van der Waals surface area contributed by atoms with Crippen LogP contribution in [-0.4, -0.2) is 72.7 Å². The number of benzene rings is 2. The van der Waals surface area contributed by atoms with Crippen molar-refractivity contribution in [1.29, 1.82) is 0 Å². The monoisotopic (exact) mass is 825 g/mol. The predicted octanol–water partition coefficient (Wildman–Crippen LogP) is 8.36. The van der Waals surface area contributed by atoms with Gasteiger partial charge < -0.3 is 18.8 Å². The second-order valence-corrected chi connectivity index (χ2v) is 22.3. The molecule has 292 valence electrons. The molecule has 10 nitrogen and oxygen atoms in total. The second kappa shape index (κ2) is 14.9. The van der Waals surface area contributed by atoms with E-state index in [1.54, 1.807) is 14.1 Å². The number of rotatable bonds is 12. The summed E-state index contributed by atoms with van der Waals surface area (Å²) in [6.07, 6.45) is 2.06. The van der Waals surface area contributed by atoms with Gasteiger partial charge in [0.05, 0.1) is 16.1 Å². The summed E-state index contributed by atoms with van der Waals surface area (Å²) in [5.41, 5.74) is -1.49. The summed E-state index contributed by atoms with van der Waals surface area (Å²) in [6, 6.07) is 8.82. The van der Waals surface area contributed by atoms with Crippen LogP contribution in [0.1, 0.15) is 98.3 Å². The van der Waals surface area contributed by atoms with Crippen molar-refractivity contribution >= 4 is 41.6 Å². The molecular formula is C41H53BrFN3O7Si. The number of aromatic amines is 1. The van der Waals surface area contributed by atoms with Crippen molar-refractivity contribution in [2.24, 2.45) is 11.8 Å². The van der Waals surface area contributed by atoms with E-state index in [1.807, 2.05) is 69.1 Å². The number of hydrogen-bond acceptors (Lipinski definition) is 9. The van der Waals surface area contributed by atoms with Gasteiger partial charge in [0.15, 0.2) is 19.7 Å². The number of carbonyl (C=O) groups excluding carboxylic acids is 2. The Kier molecular flexibility index (Phi) is 11.2. The van der Waals surface area contributed by atoms with E-state index < -0.39 is 65.5 Å². The zero-order chi connectivity index (χ0) is 39.5. The number of fused-ring (bicyclic) bond motifs is 4. The Balaban J connectivity index is 1.60. The van der Waals surface area contributed by atoms with Crippen LogP contribution >= 0.6 is 15.9 Å². The number of Topliss-reactive ketones (excluding diaryl/α,β-unsaturated/α-hetero) is 2. The quantitative estimate of drug-likeness (QED) is 0.137. The van der Waals surface area contributed by atoms with Crippen LogP contribution in [0.4, 0.5) is 4.39 Å². The third-order valence-corrected chi connectivity index (χ3v) is 17.2. The molecule has 4 atom stereocenters. The summed E-state index contributed by atoms with van der Waals surface area (Å²) in [5.74, 6) is -3.47. The van der Waals surface area contributed by atoms with E-state index in [0.29, 0.717) is 16.6 Å². The summed E-state index contributed by atoms with van der Waals surface area (Å²) in [4.78, 5) is 47.8. The van der Waals surface area contributed by atoms with Crippen molar-refractivity contribution in [3.05, 3.63) is 90.1 Å². The molecule has 1 aromatic heterocycles. The van der Waals surface area contributed by atoms with Crippen LogP contribution in [-0.2, 0) is 28.8 Å². The third-order valence-electron chi connectivity index (χ3n) is 11.9. The minimum Gasteiger partial charge on any atom is -0.507 e. The Morgan fingerprint density at radius 2 is 1.70 bits per heavy atom. The van der Waals surface area contributed by atoms with E-state index in [4.69, 9.17) is 13.7 Å². The van der Waals surface area contributed by atoms with Crippen molar-refractivity contribution in [3.8, 4) is 5.75 Å². The van der Waals surface area contributed by atoms with Crippen molar-refractivity contribution in [2.75, 3.05) is 27.2 Å². The maximum absolute atomic E-state index is 17.2.